The summed E-state index contributed by atoms with van der Waals surface area (Å²) in [6.45, 7) is 8.93. The number of allylic oxidation sites excluding steroid dienone is 1. The number of hydrogen-bond donors (Lipinski definition) is 0. The topological polar surface area (TPSA) is 9.23 Å². The van der Waals surface area contributed by atoms with Gasteiger partial charge in [-0.3, -0.25) is 0 Å². The van der Waals surface area contributed by atoms with Gasteiger partial charge in [0.15, 0.2) is 0 Å². The van der Waals surface area contributed by atoms with Gasteiger partial charge < -0.3 is 4.43 Å². The molecule has 1 radical (unpaired) electrons. The molecule has 0 N–H and O–H groups in total. The molecule has 10 heavy (non-hydrogen) atoms. The highest BCUT2D eigenvalue weighted by molar-refractivity contribution is 6.48. The first-order chi connectivity index (χ1) is 4.77. The van der Waals surface area contributed by atoms with Gasteiger partial charge in [-0.1, -0.05) is 6.08 Å². The third-order valence-corrected chi connectivity index (χ3v) is 1.97. The largest absolute Gasteiger partial charge is 0.417 e. The summed E-state index contributed by atoms with van der Waals surface area (Å²) in [6.07, 6.45) is 5.49. The van der Waals surface area contributed by atoms with Gasteiger partial charge in [-0.25, -0.2) is 0 Å². The minimum Gasteiger partial charge on any atom is -0.417 e. The van der Waals surface area contributed by atoms with Crippen LogP contribution in [0.25, 0.3) is 0 Å². The van der Waals surface area contributed by atoms with Crippen molar-refractivity contribution in [3.8, 4) is 0 Å². The lowest BCUT2D eigenvalue weighted by molar-refractivity contribution is 0.315. The molecule has 0 aliphatic heterocycles. The molecule has 0 fully saturated rings. The monoisotopic (exact) mass is 157 g/mol. The van der Waals surface area contributed by atoms with Crippen LogP contribution in [0.4, 0.5) is 0 Å². The first kappa shape index (κ1) is 9.92. The van der Waals surface area contributed by atoms with E-state index >= 15 is 0 Å². The quantitative estimate of drug-likeness (QED) is 0.327. The summed E-state index contributed by atoms with van der Waals surface area (Å²) in [5, 5.41) is 0. The fourth-order valence-corrected chi connectivity index (χ4v) is 1.22. The Morgan fingerprint density at radius 2 is 2.10 bits per heavy atom. The van der Waals surface area contributed by atoms with E-state index < -0.39 is 9.04 Å². The average molecular weight is 157 g/mol. The van der Waals surface area contributed by atoms with Crippen molar-refractivity contribution in [3.63, 3.8) is 0 Å². The van der Waals surface area contributed by atoms with Crippen LogP contribution in [0.15, 0.2) is 12.7 Å². The lowest BCUT2D eigenvalue weighted by atomic mass is 10.2. The van der Waals surface area contributed by atoms with Crippen LogP contribution in [0.2, 0.25) is 13.1 Å². The number of rotatable bonds is 6. The van der Waals surface area contributed by atoms with Gasteiger partial charge in [-0.15, -0.1) is 6.58 Å². The number of hydrogen-bond acceptors (Lipinski definition) is 1. The Balaban J connectivity index is 2.83. The second-order valence-electron chi connectivity index (χ2n) is 2.54. The van der Waals surface area contributed by atoms with Gasteiger partial charge in [0.05, 0.1) is 0 Å². The van der Waals surface area contributed by atoms with Crippen molar-refractivity contribution < 1.29 is 4.43 Å². The SMILES string of the molecule is C=CCCCCO[Si](C)C. The zero-order chi connectivity index (χ0) is 7.82. The molecule has 0 spiro atoms. The first-order valence-electron chi connectivity index (χ1n) is 3.81. The van der Waals surface area contributed by atoms with Gasteiger partial charge in [0.2, 0.25) is 9.04 Å². The summed E-state index contributed by atoms with van der Waals surface area (Å²) in [6, 6.07) is 0. The van der Waals surface area contributed by atoms with E-state index in [1.807, 2.05) is 6.08 Å². The molecule has 1 nitrogen and oxygen atoms in total. The summed E-state index contributed by atoms with van der Waals surface area (Å²) < 4.78 is 5.46. The maximum absolute atomic E-state index is 5.46. The Labute approximate surface area is 65.8 Å². The summed E-state index contributed by atoms with van der Waals surface area (Å²) in [5.41, 5.74) is 0. The van der Waals surface area contributed by atoms with E-state index in [1.54, 1.807) is 0 Å². The highest BCUT2D eigenvalue weighted by atomic mass is 28.3. The van der Waals surface area contributed by atoms with Crippen molar-refractivity contribution in [2.24, 2.45) is 0 Å². The van der Waals surface area contributed by atoms with Crippen molar-refractivity contribution in [2.45, 2.75) is 32.4 Å². The molecule has 0 bridgehead atoms. The minimum atomic E-state index is -0.448. The van der Waals surface area contributed by atoms with Crippen LogP contribution in [0.5, 0.6) is 0 Å². The molecule has 0 heterocycles. The van der Waals surface area contributed by atoms with Gasteiger partial charge in [0, 0.05) is 6.61 Å². The van der Waals surface area contributed by atoms with Crippen LogP contribution in [0, 0.1) is 0 Å². The fraction of sp³-hybridized carbons (Fsp3) is 0.750. The second kappa shape index (κ2) is 7.03. The zero-order valence-corrected chi connectivity index (χ0v) is 8.02. The van der Waals surface area contributed by atoms with Crippen LogP contribution in [0.1, 0.15) is 19.3 Å². The molecule has 59 valence electrons. The molecule has 0 aliphatic carbocycles. The zero-order valence-electron chi connectivity index (χ0n) is 7.02. The van der Waals surface area contributed by atoms with Gasteiger partial charge in [0.1, 0.15) is 0 Å². The van der Waals surface area contributed by atoms with Crippen molar-refractivity contribution >= 4 is 9.04 Å². The van der Waals surface area contributed by atoms with Crippen LogP contribution in [-0.2, 0) is 4.43 Å². The van der Waals surface area contributed by atoms with Gasteiger partial charge in [0.25, 0.3) is 0 Å². The van der Waals surface area contributed by atoms with E-state index in [2.05, 4.69) is 19.7 Å². The highest BCUT2D eigenvalue weighted by Gasteiger charge is 1.94. The molecule has 0 amide bonds. The standard InChI is InChI=1S/C8H17OSi/c1-4-5-6-7-8-9-10(2)3/h4H,1,5-8H2,2-3H3. The summed E-state index contributed by atoms with van der Waals surface area (Å²) in [7, 11) is -0.448. The van der Waals surface area contributed by atoms with Gasteiger partial charge in [-0.2, -0.15) is 0 Å². The molecular formula is C8H17OSi. The fourth-order valence-electron chi connectivity index (χ4n) is 0.667. The molecule has 0 saturated heterocycles. The molecular weight excluding hydrogens is 140 g/mol. The van der Waals surface area contributed by atoms with Crippen LogP contribution in [-0.4, -0.2) is 15.6 Å². The Morgan fingerprint density at radius 1 is 1.40 bits per heavy atom. The second-order valence-corrected chi connectivity index (χ2v) is 4.65. The molecule has 0 aromatic heterocycles. The Bertz CT molecular complexity index is 81.3. The molecule has 0 unspecified atom stereocenters. The smallest absolute Gasteiger partial charge is 0.204 e. The molecule has 0 aromatic rings. The summed E-state index contributed by atoms with van der Waals surface area (Å²) >= 11 is 0. The predicted molar refractivity (Wildman–Crippen MR) is 47.5 cm³/mol. The minimum absolute atomic E-state index is 0.448. The van der Waals surface area contributed by atoms with E-state index in [0.29, 0.717) is 0 Å². The molecule has 0 aromatic carbocycles. The number of unbranched alkanes of at least 4 members (excludes halogenated alkanes) is 2. The van der Waals surface area contributed by atoms with Crippen LogP contribution >= 0.6 is 0 Å². The lowest BCUT2D eigenvalue weighted by Crippen LogP contribution is -2.08. The third-order valence-electron chi connectivity index (χ3n) is 1.19. The van der Waals surface area contributed by atoms with Gasteiger partial charge >= 0.3 is 0 Å². The Hall–Kier alpha value is -0.0831. The van der Waals surface area contributed by atoms with Crippen LogP contribution in [0.3, 0.4) is 0 Å². The predicted octanol–water partition coefficient (Wildman–Crippen LogP) is 2.61. The van der Waals surface area contributed by atoms with Crippen molar-refractivity contribution in [1.82, 2.24) is 0 Å². The Morgan fingerprint density at radius 3 is 2.60 bits per heavy atom. The van der Waals surface area contributed by atoms with Crippen molar-refractivity contribution in [3.05, 3.63) is 12.7 Å². The molecule has 2 heteroatoms. The van der Waals surface area contributed by atoms with E-state index in [0.717, 1.165) is 13.0 Å². The maximum atomic E-state index is 5.46. The summed E-state index contributed by atoms with van der Waals surface area (Å²) in [5.74, 6) is 0. The van der Waals surface area contributed by atoms with Crippen molar-refractivity contribution in [2.75, 3.05) is 6.61 Å². The summed E-state index contributed by atoms with van der Waals surface area (Å²) in [4.78, 5) is 0. The Kier molecular flexibility index (Phi) is 6.97. The van der Waals surface area contributed by atoms with E-state index in [4.69, 9.17) is 4.43 Å². The molecule has 0 rings (SSSR count). The van der Waals surface area contributed by atoms with E-state index in [9.17, 15) is 0 Å². The third kappa shape index (κ3) is 7.92. The van der Waals surface area contributed by atoms with Gasteiger partial charge in [-0.05, 0) is 32.4 Å². The van der Waals surface area contributed by atoms with Crippen molar-refractivity contribution in [1.29, 1.82) is 0 Å². The lowest BCUT2D eigenvalue weighted by Gasteiger charge is -2.03. The average Bonchev–Trinajstić information content (AvgIpc) is 1.87. The van der Waals surface area contributed by atoms with E-state index in [1.165, 1.54) is 12.8 Å². The first-order valence-corrected chi connectivity index (χ1v) is 6.22. The van der Waals surface area contributed by atoms with E-state index in [-0.39, 0.29) is 0 Å². The molecule has 0 atom stereocenters. The van der Waals surface area contributed by atoms with Crippen LogP contribution < -0.4 is 0 Å². The molecule has 0 saturated carbocycles. The normalized spacial score (nSPS) is 10.3. The highest BCUT2D eigenvalue weighted by Crippen LogP contribution is 1.96. The maximum Gasteiger partial charge on any atom is 0.204 e. The molecule has 0 aliphatic rings.